The normalized spacial score (nSPS) is 12.9. The van der Waals surface area contributed by atoms with Crippen molar-refractivity contribution in [2.45, 2.75) is 39.3 Å². The number of rotatable bonds is 12. The third kappa shape index (κ3) is 6.39. The van der Waals surface area contributed by atoms with Gasteiger partial charge in [0.25, 0.3) is 0 Å². The zero-order chi connectivity index (χ0) is 20.4. The van der Waals surface area contributed by atoms with E-state index in [1.54, 1.807) is 12.1 Å². The zero-order valence-corrected chi connectivity index (χ0v) is 17.8. The Bertz CT molecular complexity index is 733. The Morgan fingerprint density at radius 2 is 1.57 bits per heavy atom. The van der Waals surface area contributed by atoms with Crippen molar-refractivity contribution in [1.29, 1.82) is 0 Å². The van der Waals surface area contributed by atoms with Crippen LogP contribution in [-0.2, 0) is 18.0 Å². The minimum absolute atomic E-state index is 0.0828. The second kappa shape index (κ2) is 11.3. The molecule has 0 saturated carbocycles. The van der Waals surface area contributed by atoms with Crippen molar-refractivity contribution in [2.75, 3.05) is 26.4 Å². The Kier molecular flexibility index (Phi) is 9.07. The molecule has 0 aliphatic carbocycles. The van der Waals surface area contributed by atoms with Gasteiger partial charge < -0.3 is 23.1 Å². The number of carbonyl (C=O) groups excluding carboxylic acids is 1. The molecule has 0 fully saturated rings. The average molecular weight is 407 g/mol. The lowest BCUT2D eigenvalue weighted by atomic mass is 10.1. The molecule has 0 heterocycles. The summed E-state index contributed by atoms with van der Waals surface area (Å²) in [5.74, 6) is -0.451. The molecule has 0 amide bonds. The molecule has 1 unspecified atom stereocenters. The van der Waals surface area contributed by atoms with Crippen LogP contribution < -0.4 is 0 Å². The summed E-state index contributed by atoms with van der Waals surface area (Å²) in [6, 6.07) is 13.7. The molecule has 28 heavy (non-hydrogen) atoms. The molecule has 0 aliphatic heterocycles. The van der Waals surface area contributed by atoms with Crippen molar-refractivity contribution in [2.24, 2.45) is 0 Å². The summed E-state index contributed by atoms with van der Waals surface area (Å²) >= 11 is 0. The maximum atomic E-state index is 12.3. The number of benzene rings is 2. The lowest BCUT2D eigenvalue weighted by Gasteiger charge is -2.29. The van der Waals surface area contributed by atoms with Crippen LogP contribution in [-0.4, -0.2) is 52.4 Å². The highest BCUT2D eigenvalue weighted by atomic mass is 28.4. The van der Waals surface area contributed by atoms with E-state index >= 15 is 0 Å². The van der Waals surface area contributed by atoms with E-state index in [1.807, 2.05) is 51.1 Å². The number of fused-ring (bicyclic) bond motifs is 1. The molecule has 0 aliphatic rings. The third-order valence-corrected chi connectivity index (χ3v) is 7.36. The van der Waals surface area contributed by atoms with Gasteiger partial charge in [0, 0.05) is 25.9 Å². The van der Waals surface area contributed by atoms with Gasteiger partial charge in [-0.2, -0.15) is 0 Å². The van der Waals surface area contributed by atoms with Crippen molar-refractivity contribution in [3.8, 4) is 0 Å². The minimum Gasteiger partial charge on any atom is -0.459 e. The smallest absolute Gasteiger partial charge is 0.459 e. The van der Waals surface area contributed by atoms with E-state index in [4.69, 9.17) is 18.0 Å². The fourth-order valence-electron chi connectivity index (χ4n) is 3.00. The fraction of sp³-hybridized carbons (Fsp3) is 0.476. The number of carbonyl (C=O) groups is 1. The second-order valence-corrected chi connectivity index (χ2v) is 9.07. The van der Waals surface area contributed by atoms with E-state index in [2.05, 4.69) is 0 Å². The summed E-state index contributed by atoms with van der Waals surface area (Å²) in [6.07, 6.45) is -0.435. The van der Waals surface area contributed by atoms with Gasteiger partial charge in [-0.05, 0) is 50.1 Å². The predicted octanol–water partition coefficient (Wildman–Crippen LogP) is 3.80. The van der Waals surface area contributed by atoms with E-state index in [0.29, 0.717) is 37.8 Å². The zero-order valence-electron chi connectivity index (χ0n) is 16.8. The molecule has 0 bridgehead atoms. The molecule has 2 aromatic carbocycles. The monoisotopic (exact) mass is 406 g/mol. The molecule has 6 nitrogen and oxygen atoms in total. The Morgan fingerprint density at radius 3 is 2.18 bits per heavy atom. The van der Waals surface area contributed by atoms with Crippen LogP contribution in [0.3, 0.4) is 0 Å². The summed E-state index contributed by atoms with van der Waals surface area (Å²) in [5, 5.41) is 12.3. The van der Waals surface area contributed by atoms with Crippen LogP contribution in [0.1, 0.15) is 37.6 Å². The van der Waals surface area contributed by atoms with Crippen LogP contribution >= 0.6 is 0 Å². The van der Waals surface area contributed by atoms with Crippen molar-refractivity contribution in [3.05, 3.63) is 48.0 Å². The van der Waals surface area contributed by atoms with Gasteiger partial charge in [-0.15, -0.1) is 0 Å². The SMILES string of the molecule is CCO[Si](CCC(O)COC(=O)c1ccc2ccccc2c1)(OCC)OCC. The average Bonchev–Trinajstić information content (AvgIpc) is 2.70. The highest BCUT2D eigenvalue weighted by Gasteiger charge is 2.40. The minimum atomic E-state index is -2.81. The number of esters is 1. The standard InChI is InChI=1S/C21H30O6Si/c1-4-25-28(26-5-2,27-6-3)14-13-20(22)16-24-21(23)19-12-11-17-9-7-8-10-18(17)15-19/h7-12,15,20,22H,4-6,13-14,16H2,1-3H3. The number of hydrogen-bond acceptors (Lipinski definition) is 6. The van der Waals surface area contributed by atoms with Crippen LogP contribution in [0.4, 0.5) is 0 Å². The Morgan fingerprint density at radius 1 is 0.964 bits per heavy atom. The van der Waals surface area contributed by atoms with Crippen LogP contribution in [0.2, 0.25) is 6.04 Å². The molecule has 1 atom stereocenters. The van der Waals surface area contributed by atoms with Crippen LogP contribution in [0.25, 0.3) is 10.8 Å². The third-order valence-electron chi connectivity index (χ3n) is 4.27. The van der Waals surface area contributed by atoms with Crippen molar-refractivity contribution < 1.29 is 27.9 Å². The van der Waals surface area contributed by atoms with E-state index in [1.165, 1.54) is 0 Å². The van der Waals surface area contributed by atoms with Crippen LogP contribution in [0.15, 0.2) is 42.5 Å². The molecule has 1 N–H and O–H groups in total. The molecule has 0 radical (unpaired) electrons. The largest absolute Gasteiger partial charge is 0.501 e. The van der Waals surface area contributed by atoms with Gasteiger partial charge in [-0.3, -0.25) is 0 Å². The van der Waals surface area contributed by atoms with E-state index in [0.717, 1.165) is 10.8 Å². The number of aliphatic hydroxyl groups excluding tert-OH is 1. The van der Waals surface area contributed by atoms with E-state index in [9.17, 15) is 9.90 Å². The van der Waals surface area contributed by atoms with Gasteiger partial charge in [0.1, 0.15) is 6.61 Å². The summed E-state index contributed by atoms with van der Waals surface area (Å²) in [6.45, 7) is 7.04. The summed E-state index contributed by atoms with van der Waals surface area (Å²) in [4.78, 5) is 12.3. The molecular formula is C21H30O6Si. The lowest BCUT2D eigenvalue weighted by molar-refractivity contribution is 0.0218. The molecule has 0 aromatic heterocycles. The fourth-order valence-corrected chi connectivity index (χ4v) is 5.69. The van der Waals surface area contributed by atoms with Crippen LogP contribution in [0, 0.1) is 0 Å². The predicted molar refractivity (Wildman–Crippen MR) is 110 cm³/mol. The Balaban J connectivity index is 1.89. The molecule has 7 heteroatoms. The first-order valence-electron chi connectivity index (χ1n) is 9.79. The summed E-state index contributed by atoms with van der Waals surface area (Å²) in [5.41, 5.74) is 0.465. The molecule has 2 aromatic rings. The first-order valence-corrected chi connectivity index (χ1v) is 11.7. The van der Waals surface area contributed by atoms with Crippen molar-refractivity contribution in [1.82, 2.24) is 0 Å². The van der Waals surface area contributed by atoms with Gasteiger partial charge in [0.2, 0.25) is 0 Å². The van der Waals surface area contributed by atoms with E-state index < -0.39 is 20.9 Å². The first-order chi connectivity index (χ1) is 13.5. The summed E-state index contributed by atoms with van der Waals surface area (Å²) < 4.78 is 22.6. The number of hydrogen-bond donors (Lipinski definition) is 1. The Hall–Kier alpha value is -1.77. The molecule has 154 valence electrons. The quantitative estimate of drug-likeness (QED) is 0.427. The van der Waals surface area contributed by atoms with Crippen molar-refractivity contribution in [3.63, 3.8) is 0 Å². The topological polar surface area (TPSA) is 74.2 Å². The maximum Gasteiger partial charge on any atom is 0.501 e. The highest BCUT2D eigenvalue weighted by Crippen LogP contribution is 2.20. The Labute approximate surface area is 167 Å². The summed E-state index contributed by atoms with van der Waals surface area (Å²) in [7, 11) is -2.81. The molecule has 0 spiro atoms. The van der Waals surface area contributed by atoms with Crippen LogP contribution in [0.5, 0.6) is 0 Å². The maximum absolute atomic E-state index is 12.3. The highest BCUT2D eigenvalue weighted by molar-refractivity contribution is 6.60. The van der Waals surface area contributed by atoms with E-state index in [-0.39, 0.29) is 6.61 Å². The van der Waals surface area contributed by atoms with Gasteiger partial charge in [-0.1, -0.05) is 30.3 Å². The second-order valence-electron chi connectivity index (χ2n) is 6.33. The van der Waals surface area contributed by atoms with Gasteiger partial charge in [0.15, 0.2) is 0 Å². The molecular weight excluding hydrogens is 376 g/mol. The molecule has 0 saturated heterocycles. The van der Waals surface area contributed by atoms with Gasteiger partial charge in [-0.25, -0.2) is 4.79 Å². The van der Waals surface area contributed by atoms with Gasteiger partial charge in [0.05, 0.1) is 11.7 Å². The first kappa shape index (κ1) is 22.5. The van der Waals surface area contributed by atoms with Gasteiger partial charge >= 0.3 is 14.8 Å². The molecule has 2 rings (SSSR count). The van der Waals surface area contributed by atoms with Crippen molar-refractivity contribution >= 4 is 25.5 Å². The number of aliphatic hydroxyl groups is 1. The lowest BCUT2D eigenvalue weighted by Crippen LogP contribution is -2.46. The number of ether oxygens (including phenoxy) is 1.